The van der Waals surface area contributed by atoms with Gasteiger partial charge in [-0.15, -0.1) is 0 Å². The molecule has 44 heavy (non-hydrogen) atoms. The van der Waals surface area contributed by atoms with E-state index in [1.165, 1.54) is 59.2 Å². The maximum absolute atomic E-state index is 13.6. The van der Waals surface area contributed by atoms with Crippen LogP contribution in [0, 0.1) is 23.7 Å². The lowest BCUT2D eigenvalue weighted by Crippen LogP contribution is -2.33. The highest BCUT2D eigenvalue weighted by Gasteiger charge is 2.64. The Labute approximate surface area is 252 Å². The second kappa shape index (κ2) is 11.1. The van der Waals surface area contributed by atoms with E-state index in [4.69, 9.17) is 13.9 Å². The van der Waals surface area contributed by atoms with Gasteiger partial charge in [-0.3, -0.25) is 19.3 Å². The Morgan fingerprint density at radius 2 is 1.45 bits per heavy atom. The van der Waals surface area contributed by atoms with Gasteiger partial charge in [-0.25, -0.2) is 9.59 Å². The lowest BCUT2D eigenvalue weighted by atomic mass is 9.73. The van der Waals surface area contributed by atoms with Crippen molar-refractivity contribution in [3.8, 4) is 5.75 Å². The number of imide groups is 1. The number of esters is 2. The molecule has 9 nitrogen and oxygen atoms in total. The number of rotatable bonds is 8. The number of fused-ring (bicyclic) bond motifs is 5. The molecule has 220 valence electrons. The Kier molecular flexibility index (Phi) is 6.93. The fourth-order valence-electron chi connectivity index (χ4n) is 7.10. The van der Waals surface area contributed by atoms with Crippen molar-refractivity contribution in [1.82, 2.24) is 0 Å². The Bertz CT molecular complexity index is 1740. The minimum Gasteiger partial charge on any atom is -0.457 e. The second-order valence-corrected chi connectivity index (χ2v) is 11.4. The van der Waals surface area contributed by atoms with Crippen LogP contribution in [0.3, 0.4) is 0 Å². The molecule has 5 atom stereocenters. The normalized spacial score (nSPS) is 23.5. The average molecular weight is 590 g/mol. The molecule has 3 aromatic carbocycles. The van der Waals surface area contributed by atoms with Gasteiger partial charge in [-0.1, -0.05) is 30.3 Å². The zero-order chi connectivity index (χ0) is 30.4. The number of carbonyl (C=O) groups is 5. The molecule has 0 N–H and O–H groups in total. The van der Waals surface area contributed by atoms with Crippen molar-refractivity contribution >= 4 is 35.2 Å². The molecule has 2 aliphatic carbocycles. The van der Waals surface area contributed by atoms with Crippen LogP contribution in [0.4, 0.5) is 5.69 Å². The van der Waals surface area contributed by atoms with Crippen molar-refractivity contribution in [1.29, 1.82) is 0 Å². The van der Waals surface area contributed by atoms with E-state index in [1.54, 1.807) is 18.2 Å². The molecule has 1 saturated heterocycles. The first-order valence-electron chi connectivity index (χ1n) is 14.5. The van der Waals surface area contributed by atoms with Gasteiger partial charge in [0.25, 0.3) is 0 Å². The minimum atomic E-state index is -0.714. The summed E-state index contributed by atoms with van der Waals surface area (Å²) in [6, 6.07) is 25.2. The van der Waals surface area contributed by atoms with Crippen molar-refractivity contribution in [3.05, 3.63) is 120 Å². The van der Waals surface area contributed by atoms with Crippen LogP contribution in [0.1, 0.15) is 55.6 Å². The first kappa shape index (κ1) is 27.5. The number of hydrogen-bond acceptors (Lipinski definition) is 8. The van der Waals surface area contributed by atoms with Crippen molar-refractivity contribution in [2.45, 2.75) is 18.8 Å². The van der Waals surface area contributed by atoms with E-state index in [-0.39, 0.29) is 64.0 Å². The van der Waals surface area contributed by atoms with Crippen LogP contribution in [0.15, 0.2) is 102 Å². The highest BCUT2D eigenvalue weighted by Crippen LogP contribution is 2.61. The van der Waals surface area contributed by atoms with Gasteiger partial charge in [0.2, 0.25) is 17.6 Å². The molecule has 0 radical (unpaired) electrons. The largest absolute Gasteiger partial charge is 0.457 e. The van der Waals surface area contributed by atoms with E-state index >= 15 is 0 Å². The maximum atomic E-state index is 13.6. The number of anilines is 1. The van der Waals surface area contributed by atoms with Gasteiger partial charge in [0.15, 0.2) is 12.4 Å². The van der Waals surface area contributed by atoms with Crippen LogP contribution in [0.5, 0.6) is 5.75 Å². The van der Waals surface area contributed by atoms with Gasteiger partial charge in [-0.05, 0) is 96.8 Å². The Morgan fingerprint density at radius 3 is 2.16 bits per heavy atom. The van der Waals surface area contributed by atoms with Crippen LogP contribution >= 0.6 is 0 Å². The average Bonchev–Trinajstić information content (AvgIpc) is 3.85. The molecule has 0 spiro atoms. The van der Waals surface area contributed by atoms with Gasteiger partial charge >= 0.3 is 11.9 Å². The van der Waals surface area contributed by atoms with Crippen molar-refractivity contribution < 1.29 is 37.9 Å². The molecule has 3 aliphatic rings. The second-order valence-electron chi connectivity index (χ2n) is 11.4. The molecule has 9 heteroatoms. The molecule has 4 aromatic rings. The monoisotopic (exact) mass is 589 g/mol. The Morgan fingerprint density at radius 1 is 0.750 bits per heavy atom. The first-order chi connectivity index (χ1) is 21.4. The summed E-state index contributed by atoms with van der Waals surface area (Å²) in [7, 11) is 0. The third kappa shape index (κ3) is 4.80. The molecule has 3 fully saturated rings. The summed E-state index contributed by atoms with van der Waals surface area (Å²) in [5.41, 5.74) is 2.10. The minimum absolute atomic E-state index is 0.0511. The van der Waals surface area contributed by atoms with E-state index in [1.807, 2.05) is 18.2 Å². The van der Waals surface area contributed by atoms with Gasteiger partial charge in [-0.2, -0.15) is 0 Å². The fourth-order valence-corrected chi connectivity index (χ4v) is 7.10. The van der Waals surface area contributed by atoms with Crippen LogP contribution in [0.2, 0.25) is 0 Å². The summed E-state index contributed by atoms with van der Waals surface area (Å²) in [4.78, 5) is 65.5. The molecule has 7 rings (SSSR count). The zero-order valence-electron chi connectivity index (χ0n) is 23.5. The number of furan rings is 1. The lowest BCUT2D eigenvalue weighted by Gasteiger charge is -2.28. The number of benzene rings is 3. The number of ketones is 1. The molecular formula is C35H27NO8. The Balaban J connectivity index is 0.958. The SMILES string of the molecule is O=C(COC(=O)c1ccc(N2C(=O)[C@@H]3[C@@H]4C[C@@H]([C@H]3C2=O)[C@H](c2ccccc2)C4)cc1)c1ccc(OC(=O)c2ccco2)cc1. The summed E-state index contributed by atoms with van der Waals surface area (Å²) >= 11 is 0. The van der Waals surface area contributed by atoms with Crippen molar-refractivity contribution in [2.24, 2.45) is 23.7 Å². The summed E-state index contributed by atoms with van der Waals surface area (Å²) in [6.07, 6.45) is 3.17. The van der Waals surface area contributed by atoms with Gasteiger partial charge in [0.1, 0.15) is 5.75 Å². The van der Waals surface area contributed by atoms with Gasteiger partial charge in [0, 0.05) is 5.56 Å². The number of amides is 2. The van der Waals surface area contributed by atoms with E-state index < -0.39 is 24.3 Å². The topological polar surface area (TPSA) is 120 Å². The quantitative estimate of drug-likeness (QED) is 0.115. The smallest absolute Gasteiger partial charge is 0.379 e. The van der Waals surface area contributed by atoms with Gasteiger partial charge in [0.05, 0.1) is 29.3 Å². The molecule has 1 aliphatic heterocycles. The molecule has 2 heterocycles. The first-order valence-corrected chi connectivity index (χ1v) is 14.5. The molecule has 2 bridgehead atoms. The number of carbonyl (C=O) groups excluding carboxylic acids is 5. The van der Waals surface area contributed by atoms with Crippen LogP contribution in [0.25, 0.3) is 0 Å². The van der Waals surface area contributed by atoms with E-state index in [9.17, 15) is 24.0 Å². The van der Waals surface area contributed by atoms with Crippen LogP contribution in [-0.2, 0) is 14.3 Å². The number of hydrogen-bond donors (Lipinski definition) is 0. The maximum Gasteiger partial charge on any atom is 0.379 e. The highest BCUT2D eigenvalue weighted by molar-refractivity contribution is 6.22. The molecule has 0 unspecified atom stereocenters. The molecule has 2 amide bonds. The Hall–Kier alpha value is -5.31. The summed E-state index contributed by atoms with van der Waals surface area (Å²) in [5, 5.41) is 0. The molecule has 2 saturated carbocycles. The molecular weight excluding hydrogens is 562 g/mol. The third-order valence-corrected chi connectivity index (χ3v) is 9.05. The van der Waals surface area contributed by atoms with E-state index in [0.29, 0.717) is 5.69 Å². The zero-order valence-corrected chi connectivity index (χ0v) is 23.5. The van der Waals surface area contributed by atoms with Crippen LogP contribution < -0.4 is 9.64 Å². The summed E-state index contributed by atoms with van der Waals surface area (Å²) in [5.74, 6) is -1.88. The molecule has 1 aromatic heterocycles. The highest BCUT2D eigenvalue weighted by atomic mass is 16.5. The summed E-state index contributed by atoms with van der Waals surface area (Å²) in [6.45, 7) is -0.496. The summed E-state index contributed by atoms with van der Waals surface area (Å²) < 4.78 is 15.4. The third-order valence-electron chi connectivity index (χ3n) is 9.05. The predicted octanol–water partition coefficient (Wildman–Crippen LogP) is 5.47. The van der Waals surface area contributed by atoms with Crippen LogP contribution in [-0.4, -0.2) is 36.1 Å². The van der Waals surface area contributed by atoms with Crippen molar-refractivity contribution in [3.63, 3.8) is 0 Å². The van der Waals surface area contributed by atoms with Crippen molar-refractivity contribution in [2.75, 3.05) is 11.5 Å². The number of nitrogens with zero attached hydrogens (tertiary/aromatic N) is 1. The number of ether oxygens (including phenoxy) is 2. The van der Waals surface area contributed by atoms with E-state index in [0.717, 1.165) is 12.8 Å². The van der Waals surface area contributed by atoms with E-state index in [2.05, 4.69) is 12.1 Å². The standard InChI is InChI=1S/C35H27NO8/c37-28(21-10-14-25(15-11-21)44-35(41)29-7-4-16-42-29)19-43-34(40)22-8-12-24(13-9-22)36-32(38)30-23-17-26(20-5-2-1-3-6-20)27(18-23)31(30)33(36)39/h1-16,23,26-27,30-31H,17-19H2/t23-,26-,27+,30+,31+/m0/s1. The lowest BCUT2D eigenvalue weighted by molar-refractivity contribution is -0.123. The predicted molar refractivity (Wildman–Crippen MR) is 156 cm³/mol. The number of Topliss-reactive ketones (excluding diaryl/α,β-unsaturated/α-hetero) is 1. The van der Waals surface area contributed by atoms with Gasteiger partial charge < -0.3 is 13.9 Å². The fraction of sp³-hybridized carbons (Fsp3) is 0.229.